The second kappa shape index (κ2) is 5.12. The molecule has 0 spiro atoms. The van der Waals surface area contributed by atoms with Crippen LogP contribution in [-0.2, 0) is 6.54 Å². The number of para-hydroxylation sites is 1. The van der Waals surface area contributed by atoms with Gasteiger partial charge in [0.2, 0.25) is 0 Å². The Morgan fingerprint density at radius 1 is 1.31 bits per heavy atom. The molecule has 4 nitrogen and oxygen atoms in total. The summed E-state index contributed by atoms with van der Waals surface area (Å²) < 4.78 is 5.38. The number of nitrogens with one attached hydrogen (secondary N) is 1. The predicted octanol–water partition coefficient (Wildman–Crippen LogP) is 0.876. The predicted molar refractivity (Wildman–Crippen MR) is 61.0 cm³/mol. The van der Waals surface area contributed by atoms with Gasteiger partial charge in [-0.25, -0.2) is 0 Å². The minimum atomic E-state index is -0.710. The molecule has 1 heterocycles. The molecule has 1 unspecified atom stereocenters. The van der Waals surface area contributed by atoms with E-state index >= 15 is 0 Å². The average Bonchev–Trinajstić information content (AvgIpc) is 2.73. The van der Waals surface area contributed by atoms with Crippen LogP contribution in [0.1, 0.15) is 5.56 Å². The van der Waals surface area contributed by atoms with Crippen LogP contribution in [-0.4, -0.2) is 29.5 Å². The van der Waals surface area contributed by atoms with Crippen molar-refractivity contribution in [2.24, 2.45) is 0 Å². The van der Waals surface area contributed by atoms with Crippen molar-refractivity contribution in [2.45, 2.75) is 12.6 Å². The van der Waals surface area contributed by atoms with Crippen molar-refractivity contribution in [2.75, 3.05) is 13.2 Å². The Morgan fingerprint density at radius 3 is 2.94 bits per heavy atom. The third-order valence-corrected chi connectivity index (χ3v) is 2.47. The van der Waals surface area contributed by atoms with Gasteiger partial charge in [-0.05, 0) is 6.07 Å². The molecule has 3 N–H and O–H groups in total. The molecule has 0 radical (unpaired) electrons. The van der Waals surface area contributed by atoms with Gasteiger partial charge in [0.1, 0.15) is 5.58 Å². The van der Waals surface area contributed by atoms with Gasteiger partial charge < -0.3 is 19.9 Å². The molecule has 2 rings (SSSR count). The maximum atomic E-state index is 9.16. The van der Waals surface area contributed by atoms with Crippen LogP contribution < -0.4 is 5.32 Å². The summed E-state index contributed by atoms with van der Waals surface area (Å²) in [5.41, 5.74) is 1.92. The summed E-state index contributed by atoms with van der Waals surface area (Å²) in [5.74, 6) is 0. The Bertz CT molecular complexity index is 452. The van der Waals surface area contributed by atoms with E-state index in [0.29, 0.717) is 13.1 Å². The number of rotatable bonds is 5. The van der Waals surface area contributed by atoms with Crippen LogP contribution in [0.15, 0.2) is 34.9 Å². The summed E-state index contributed by atoms with van der Waals surface area (Å²) in [6.45, 7) is 0.767. The largest absolute Gasteiger partial charge is 0.464 e. The molecule has 0 saturated heterocycles. The molecule has 1 aromatic carbocycles. The van der Waals surface area contributed by atoms with Crippen LogP contribution in [0.2, 0.25) is 0 Å². The van der Waals surface area contributed by atoms with E-state index in [0.717, 1.165) is 16.5 Å². The average molecular weight is 221 g/mol. The van der Waals surface area contributed by atoms with Gasteiger partial charge in [-0.1, -0.05) is 18.2 Å². The first-order chi connectivity index (χ1) is 7.81. The van der Waals surface area contributed by atoms with Crippen LogP contribution >= 0.6 is 0 Å². The normalized spacial score (nSPS) is 13.1. The Morgan fingerprint density at radius 2 is 2.12 bits per heavy atom. The first-order valence-electron chi connectivity index (χ1n) is 5.26. The molecule has 1 atom stereocenters. The lowest BCUT2D eigenvalue weighted by molar-refractivity contribution is 0.0942. The number of aliphatic hydroxyl groups excluding tert-OH is 2. The molecule has 0 amide bonds. The summed E-state index contributed by atoms with van der Waals surface area (Å²) in [6.07, 6.45) is 1.00. The summed E-state index contributed by atoms with van der Waals surface area (Å²) >= 11 is 0. The first kappa shape index (κ1) is 11.1. The van der Waals surface area contributed by atoms with Crippen molar-refractivity contribution in [3.63, 3.8) is 0 Å². The number of fused-ring (bicyclic) bond motifs is 1. The molecule has 4 heteroatoms. The summed E-state index contributed by atoms with van der Waals surface area (Å²) in [5, 5.41) is 22.0. The highest BCUT2D eigenvalue weighted by Gasteiger charge is 2.05. The van der Waals surface area contributed by atoms with Gasteiger partial charge in [-0.3, -0.25) is 0 Å². The topological polar surface area (TPSA) is 65.6 Å². The molecule has 0 fully saturated rings. The van der Waals surface area contributed by atoms with E-state index in [4.69, 9.17) is 14.6 Å². The fourth-order valence-corrected chi connectivity index (χ4v) is 1.61. The SMILES string of the molecule is OCC(O)CNCc1coc2ccccc12. The highest BCUT2D eigenvalue weighted by atomic mass is 16.3. The van der Waals surface area contributed by atoms with E-state index in [-0.39, 0.29) is 6.61 Å². The van der Waals surface area contributed by atoms with Gasteiger partial charge >= 0.3 is 0 Å². The van der Waals surface area contributed by atoms with Crippen molar-refractivity contribution in [1.29, 1.82) is 0 Å². The second-order valence-corrected chi connectivity index (χ2v) is 3.72. The number of aliphatic hydroxyl groups is 2. The van der Waals surface area contributed by atoms with Crippen LogP contribution in [0.25, 0.3) is 11.0 Å². The van der Waals surface area contributed by atoms with Crippen molar-refractivity contribution in [3.05, 3.63) is 36.1 Å². The van der Waals surface area contributed by atoms with Crippen LogP contribution in [0.3, 0.4) is 0 Å². The number of hydrogen-bond acceptors (Lipinski definition) is 4. The molecule has 16 heavy (non-hydrogen) atoms. The van der Waals surface area contributed by atoms with Gasteiger partial charge in [-0.2, -0.15) is 0 Å². The van der Waals surface area contributed by atoms with Crippen molar-refractivity contribution in [1.82, 2.24) is 5.32 Å². The summed E-state index contributed by atoms with van der Waals surface area (Å²) in [4.78, 5) is 0. The van der Waals surface area contributed by atoms with Gasteiger partial charge in [-0.15, -0.1) is 0 Å². The van der Waals surface area contributed by atoms with E-state index in [1.54, 1.807) is 6.26 Å². The maximum absolute atomic E-state index is 9.16. The second-order valence-electron chi connectivity index (χ2n) is 3.72. The van der Waals surface area contributed by atoms with E-state index in [9.17, 15) is 0 Å². The zero-order valence-corrected chi connectivity index (χ0v) is 8.89. The smallest absolute Gasteiger partial charge is 0.134 e. The van der Waals surface area contributed by atoms with Crippen LogP contribution in [0.5, 0.6) is 0 Å². The third kappa shape index (κ3) is 2.41. The fourth-order valence-electron chi connectivity index (χ4n) is 1.61. The molecule has 0 aliphatic heterocycles. The van der Waals surface area contributed by atoms with Crippen molar-refractivity contribution in [3.8, 4) is 0 Å². The lowest BCUT2D eigenvalue weighted by Crippen LogP contribution is -2.28. The first-order valence-corrected chi connectivity index (χ1v) is 5.26. The maximum Gasteiger partial charge on any atom is 0.134 e. The number of benzene rings is 1. The molecule has 0 aliphatic carbocycles. The van der Waals surface area contributed by atoms with E-state index in [1.807, 2.05) is 24.3 Å². The summed E-state index contributed by atoms with van der Waals surface area (Å²) in [6, 6.07) is 7.81. The highest BCUT2D eigenvalue weighted by molar-refractivity contribution is 5.80. The van der Waals surface area contributed by atoms with Crippen molar-refractivity contribution < 1.29 is 14.6 Å². The monoisotopic (exact) mass is 221 g/mol. The number of hydrogen-bond donors (Lipinski definition) is 3. The van der Waals surface area contributed by atoms with E-state index in [2.05, 4.69) is 5.32 Å². The quantitative estimate of drug-likeness (QED) is 0.701. The van der Waals surface area contributed by atoms with Crippen LogP contribution in [0, 0.1) is 0 Å². The van der Waals surface area contributed by atoms with E-state index in [1.165, 1.54) is 0 Å². The Kier molecular flexibility index (Phi) is 3.56. The fraction of sp³-hybridized carbons (Fsp3) is 0.333. The Balaban J connectivity index is 1.99. The van der Waals surface area contributed by atoms with Gasteiger partial charge in [0.05, 0.1) is 19.0 Å². The molecule has 86 valence electrons. The van der Waals surface area contributed by atoms with Gasteiger partial charge in [0, 0.05) is 24.0 Å². The lowest BCUT2D eigenvalue weighted by Gasteiger charge is -2.07. The molecule has 0 saturated carbocycles. The molecular formula is C12H15NO3. The lowest BCUT2D eigenvalue weighted by atomic mass is 10.2. The zero-order chi connectivity index (χ0) is 11.4. The Hall–Kier alpha value is -1.36. The molecule has 0 aliphatic rings. The van der Waals surface area contributed by atoms with Crippen molar-refractivity contribution >= 4 is 11.0 Å². The minimum Gasteiger partial charge on any atom is -0.464 e. The molecular weight excluding hydrogens is 206 g/mol. The van der Waals surface area contributed by atoms with Crippen LogP contribution in [0.4, 0.5) is 0 Å². The van der Waals surface area contributed by atoms with Gasteiger partial charge in [0.15, 0.2) is 0 Å². The Labute approximate surface area is 93.5 Å². The summed E-state index contributed by atoms with van der Waals surface area (Å²) in [7, 11) is 0. The minimum absolute atomic E-state index is 0.223. The molecule has 0 bridgehead atoms. The molecule has 2 aromatic rings. The molecule has 1 aromatic heterocycles. The zero-order valence-electron chi connectivity index (χ0n) is 8.89. The van der Waals surface area contributed by atoms with Gasteiger partial charge in [0.25, 0.3) is 0 Å². The third-order valence-electron chi connectivity index (χ3n) is 2.47. The standard InChI is InChI=1S/C12H15NO3/c14-7-10(15)6-13-5-9-8-16-12-4-2-1-3-11(9)12/h1-4,8,10,13-15H,5-7H2. The highest BCUT2D eigenvalue weighted by Crippen LogP contribution is 2.20. The van der Waals surface area contributed by atoms with E-state index < -0.39 is 6.10 Å². The number of furan rings is 1.